The Kier molecular flexibility index (Phi) is 5.48. The van der Waals surface area contributed by atoms with Gasteiger partial charge in [-0.25, -0.2) is 13.2 Å². The average molecular weight is 261 g/mol. The predicted octanol–water partition coefficient (Wildman–Crippen LogP) is 3.16. The number of unbranched alkanes of at least 4 members (excludes halogenated alkanes) is 2. The summed E-state index contributed by atoms with van der Waals surface area (Å²) in [6.45, 7) is 0.377. The fourth-order valence-corrected chi connectivity index (χ4v) is 1.46. The van der Waals surface area contributed by atoms with Gasteiger partial charge in [0.15, 0.2) is 11.6 Å². The maximum atomic E-state index is 13.2. The minimum absolute atomic E-state index is 0.0906. The molecule has 2 N–H and O–H groups in total. The van der Waals surface area contributed by atoms with E-state index in [9.17, 15) is 18.0 Å². The van der Waals surface area contributed by atoms with Crippen LogP contribution in [0.25, 0.3) is 0 Å². The van der Waals surface area contributed by atoms with Crippen molar-refractivity contribution in [2.24, 2.45) is 0 Å². The molecular formula is C12H14F3NO2. The lowest BCUT2D eigenvalue weighted by molar-refractivity contribution is -0.137. The van der Waals surface area contributed by atoms with Crippen molar-refractivity contribution in [2.45, 2.75) is 25.7 Å². The van der Waals surface area contributed by atoms with Crippen LogP contribution in [-0.4, -0.2) is 17.6 Å². The van der Waals surface area contributed by atoms with Crippen molar-refractivity contribution in [1.82, 2.24) is 0 Å². The lowest BCUT2D eigenvalue weighted by Gasteiger charge is -2.07. The van der Waals surface area contributed by atoms with Crippen molar-refractivity contribution in [2.75, 3.05) is 11.9 Å². The van der Waals surface area contributed by atoms with Crippen molar-refractivity contribution in [3.8, 4) is 0 Å². The molecule has 1 aromatic rings. The predicted molar refractivity (Wildman–Crippen MR) is 60.9 cm³/mol. The third-order valence-corrected chi connectivity index (χ3v) is 2.39. The van der Waals surface area contributed by atoms with E-state index in [1.54, 1.807) is 0 Å². The molecule has 0 aliphatic carbocycles. The van der Waals surface area contributed by atoms with Crippen LogP contribution in [0.3, 0.4) is 0 Å². The molecule has 0 saturated carbocycles. The highest BCUT2D eigenvalue weighted by molar-refractivity contribution is 5.66. The number of rotatable bonds is 7. The van der Waals surface area contributed by atoms with E-state index < -0.39 is 23.4 Å². The SMILES string of the molecule is O=C(O)CCCCCNc1cc(F)c(F)cc1F. The van der Waals surface area contributed by atoms with Crippen LogP contribution in [0.2, 0.25) is 0 Å². The van der Waals surface area contributed by atoms with E-state index in [-0.39, 0.29) is 12.1 Å². The summed E-state index contributed by atoms with van der Waals surface area (Å²) < 4.78 is 38.6. The zero-order chi connectivity index (χ0) is 13.5. The van der Waals surface area contributed by atoms with Crippen LogP contribution < -0.4 is 5.32 Å². The zero-order valence-electron chi connectivity index (χ0n) is 9.68. The van der Waals surface area contributed by atoms with Crippen molar-refractivity contribution < 1.29 is 23.1 Å². The number of halogens is 3. The van der Waals surface area contributed by atoms with E-state index >= 15 is 0 Å². The van der Waals surface area contributed by atoms with Crippen LogP contribution in [0, 0.1) is 17.5 Å². The Morgan fingerprint density at radius 2 is 1.72 bits per heavy atom. The molecule has 1 rings (SSSR count). The fraction of sp³-hybridized carbons (Fsp3) is 0.417. The molecule has 0 aromatic heterocycles. The third-order valence-electron chi connectivity index (χ3n) is 2.39. The molecule has 18 heavy (non-hydrogen) atoms. The van der Waals surface area contributed by atoms with E-state index in [0.717, 1.165) is 6.07 Å². The van der Waals surface area contributed by atoms with Crippen LogP contribution in [-0.2, 0) is 4.79 Å². The summed E-state index contributed by atoms with van der Waals surface area (Å²) in [6, 6.07) is 1.25. The minimum atomic E-state index is -1.22. The Balaban J connectivity index is 2.31. The van der Waals surface area contributed by atoms with Gasteiger partial charge in [-0.05, 0) is 12.8 Å². The van der Waals surface area contributed by atoms with Crippen LogP contribution in [0.1, 0.15) is 25.7 Å². The van der Waals surface area contributed by atoms with E-state index in [2.05, 4.69) is 5.32 Å². The summed E-state index contributed by atoms with van der Waals surface area (Å²) in [5, 5.41) is 11.0. The summed E-state index contributed by atoms with van der Waals surface area (Å²) in [5.41, 5.74) is -0.0906. The van der Waals surface area contributed by atoms with Crippen molar-refractivity contribution in [3.05, 3.63) is 29.6 Å². The number of anilines is 1. The van der Waals surface area contributed by atoms with Gasteiger partial charge in [0, 0.05) is 25.1 Å². The maximum Gasteiger partial charge on any atom is 0.303 e. The van der Waals surface area contributed by atoms with Gasteiger partial charge in [0.25, 0.3) is 0 Å². The van der Waals surface area contributed by atoms with Gasteiger partial charge in [-0.3, -0.25) is 4.79 Å². The molecule has 1 aromatic carbocycles. The van der Waals surface area contributed by atoms with Gasteiger partial charge >= 0.3 is 5.97 Å². The van der Waals surface area contributed by atoms with Gasteiger partial charge in [0.1, 0.15) is 5.82 Å². The first-order chi connectivity index (χ1) is 8.50. The standard InChI is InChI=1S/C12H14F3NO2/c13-8-6-10(15)11(7-9(8)14)16-5-3-1-2-4-12(17)18/h6-7,16H,1-5H2,(H,17,18). The van der Waals surface area contributed by atoms with Gasteiger partial charge in [-0.1, -0.05) is 6.42 Å². The Morgan fingerprint density at radius 3 is 2.39 bits per heavy atom. The quantitative estimate of drug-likeness (QED) is 0.585. The van der Waals surface area contributed by atoms with Gasteiger partial charge in [0.05, 0.1) is 5.69 Å². The van der Waals surface area contributed by atoms with Crippen LogP contribution >= 0.6 is 0 Å². The molecule has 0 amide bonds. The largest absolute Gasteiger partial charge is 0.481 e. The van der Waals surface area contributed by atoms with E-state index in [0.29, 0.717) is 31.9 Å². The molecule has 100 valence electrons. The molecule has 3 nitrogen and oxygen atoms in total. The lowest BCUT2D eigenvalue weighted by atomic mass is 10.2. The molecule has 0 aliphatic heterocycles. The summed E-state index contributed by atoms with van der Waals surface area (Å²) in [7, 11) is 0. The lowest BCUT2D eigenvalue weighted by Crippen LogP contribution is -2.05. The van der Waals surface area contributed by atoms with Crippen molar-refractivity contribution in [3.63, 3.8) is 0 Å². The first kappa shape index (κ1) is 14.3. The number of carboxylic acid groups (broad SMARTS) is 1. The minimum Gasteiger partial charge on any atom is -0.481 e. The zero-order valence-corrected chi connectivity index (χ0v) is 9.68. The molecule has 0 radical (unpaired) electrons. The Bertz CT molecular complexity index is 424. The molecule has 0 atom stereocenters. The van der Waals surface area contributed by atoms with Gasteiger partial charge < -0.3 is 10.4 Å². The first-order valence-corrected chi connectivity index (χ1v) is 5.61. The molecular weight excluding hydrogens is 247 g/mol. The van der Waals surface area contributed by atoms with Gasteiger partial charge in [-0.15, -0.1) is 0 Å². The van der Waals surface area contributed by atoms with E-state index in [4.69, 9.17) is 5.11 Å². The smallest absolute Gasteiger partial charge is 0.303 e. The Hall–Kier alpha value is -1.72. The maximum absolute atomic E-state index is 13.2. The summed E-state index contributed by atoms with van der Waals surface area (Å²) in [4.78, 5) is 10.2. The summed E-state index contributed by atoms with van der Waals surface area (Å²) in [5.74, 6) is -4.03. The van der Waals surface area contributed by atoms with E-state index in [1.807, 2.05) is 0 Å². The molecule has 0 heterocycles. The molecule has 0 bridgehead atoms. The Labute approximate surface area is 103 Å². The summed E-state index contributed by atoms with van der Waals surface area (Å²) >= 11 is 0. The number of carboxylic acids is 1. The summed E-state index contributed by atoms with van der Waals surface area (Å²) in [6.07, 6.45) is 1.94. The van der Waals surface area contributed by atoms with Gasteiger partial charge in [0.2, 0.25) is 0 Å². The molecule has 0 saturated heterocycles. The fourth-order valence-electron chi connectivity index (χ4n) is 1.46. The third kappa shape index (κ3) is 4.65. The van der Waals surface area contributed by atoms with E-state index in [1.165, 1.54) is 0 Å². The monoisotopic (exact) mass is 261 g/mol. The number of carbonyl (C=O) groups is 1. The van der Waals surface area contributed by atoms with Crippen LogP contribution in [0.4, 0.5) is 18.9 Å². The normalized spacial score (nSPS) is 10.4. The van der Waals surface area contributed by atoms with Crippen LogP contribution in [0.5, 0.6) is 0 Å². The molecule has 0 spiro atoms. The number of aliphatic carboxylic acids is 1. The molecule has 6 heteroatoms. The number of nitrogens with one attached hydrogen (secondary N) is 1. The highest BCUT2D eigenvalue weighted by atomic mass is 19.2. The highest BCUT2D eigenvalue weighted by Gasteiger charge is 2.08. The average Bonchev–Trinajstić information content (AvgIpc) is 2.29. The first-order valence-electron chi connectivity index (χ1n) is 5.61. The second-order valence-corrected chi connectivity index (χ2v) is 3.88. The van der Waals surface area contributed by atoms with Gasteiger partial charge in [-0.2, -0.15) is 0 Å². The second kappa shape index (κ2) is 6.88. The molecule has 0 unspecified atom stereocenters. The molecule has 0 aliphatic rings. The van der Waals surface area contributed by atoms with Crippen LogP contribution in [0.15, 0.2) is 12.1 Å². The number of benzene rings is 1. The van der Waals surface area contributed by atoms with Crippen molar-refractivity contribution >= 4 is 11.7 Å². The molecule has 0 fully saturated rings. The van der Waals surface area contributed by atoms with Crippen molar-refractivity contribution in [1.29, 1.82) is 0 Å². The topological polar surface area (TPSA) is 49.3 Å². The number of hydrogen-bond acceptors (Lipinski definition) is 2. The highest BCUT2D eigenvalue weighted by Crippen LogP contribution is 2.18. The second-order valence-electron chi connectivity index (χ2n) is 3.88. The Morgan fingerprint density at radius 1 is 1.06 bits per heavy atom. The number of hydrogen-bond donors (Lipinski definition) is 2.